The molecule has 0 aliphatic heterocycles. The Morgan fingerprint density at radius 3 is 2.57 bits per heavy atom. The van der Waals surface area contributed by atoms with Crippen molar-refractivity contribution in [1.29, 1.82) is 0 Å². The Morgan fingerprint density at radius 2 is 2.00 bits per heavy atom. The summed E-state index contributed by atoms with van der Waals surface area (Å²) in [5, 5.41) is 7.97. The number of pyridine rings is 1. The van der Waals surface area contributed by atoms with Gasteiger partial charge in [0.25, 0.3) is 5.91 Å². The van der Waals surface area contributed by atoms with Crippen molar-refractivity contribution in [3.63, 3.8) is 0 Å². The van der Waals surface area contributed by atoms with Crippen molar-refractivity contribution < 1.29 is 13.2 Å². The number of hydrogen-bond donors (Lipinski definition) is 2. The third-order valence-electron chi connectivity index (χ3n) is 2.74. The molecule has 0 aliphatic carbocycles. The molecule has 21 heavy (non-hydrogen) atoms. The number of carbonyl (C=O) groups is 1. The number of hydrogen-bond acceptors (Lipinski definition) is 4. The van der Waals surface area contributed by atoms with Crippen LogP contribution in [0, 0.1) is 6.92 Å². The molecular formula is C13H12ClN3O3S. The Hall–Kier alpha value is -1.96. The number of aryl methyl sites for hydroxylation is 1. The molecule has 0 saturated carbocycles. The Kier molecular flexibility index (Phi) is 4.26. The van der Waals surface area contributed by atoms with Crippen LogP contribution < -0.4 is 10.5 Å². The Bertz CT molecular complexity index is 789. The van der Waals surface area contributed by atoms with E-state index in [1.165, 1.54) is 24.4 Å². The molecule has 2 rings (SSSR count). The van der Waals surface area contributed by atoms with Gasteiger partial charge in [-0.25, -0.2) is 18.5 Å². The maximum Gasteiger partial charge on any atom is 0.257 e. The van der Waals surface area contributed by atoms with E-state index in [-0.39, 0.29) is 10.0 Å². The summed E-state index contributed by atoms with van der Waals surface area (Å²) < 4.78 is 22.9. The van der Waals surface area contributed by atoms with Gasteiger partial charge in [0, 0.05) is 11.9 Å². The molecule has 0 aliphatic rings. The number of aromatic nitrogens is 1. The minimum Gasteiger partial charge on any atom is -0.322 e. The van der Waals surface area contributed by atoms with Crippen molar-refractivity contribution in [2.45, 2.75) is 11.8 Å². The van der Waals surface area contributed by atoms with E-state index in [4.69, 9.17) is 16.7 Å². The smallest absolute Gasteiger partial charge is 0.257 e. The maximum absolute atomic E-state index is 12.0. The summed E-state index contributed by atoms with van der Waals surface area (Å²) in [4.78, 5) is 15.8. The zero-order valence-corrected chi connectivity index (χ0v) is 12.6. The summed E-state index contributed by atoms with van der Waals surface area (Å²) >= 11 is 5.64. The predicted molar refractivity (Wildman–Crippen MR) is 79.8 cm³/mol. The van der Waals surface area contributed by atoms with Crippen LogP contribution in [0.2, 0.25) is 5.15 Å². The molecule has 8 heteroatoms. The number of carbonyl (C=O) groups excluding carboxylic acids is 1. The molecule has 1 aromatic heterocycles. The van der Waals surface area contributed by atoms with Crippen LogP contribution in [0.15, 0.2) is 41.4 Å². The van der Waals surface area contributed by atoms with Crippen LogP contribution in [-0.2, 0) is 10.0 Å². The monoisotopic (exact) mass is 325 g/mol. The van der Waals surface area contributed by atoms with Crippen molar-refractivity contribution in [2.75, 3.05) is 5.32 Å². The van der Waals surface area contributed by atoms with Gasteiger partial charge < -0.3 is 5.32 Å². The second kappa shape index (κ2) is 5.80. The minimum atomic E-state index is -3.84. The van der Waals surface area contributed by atoms with Crippen LogP contribution in [0.1, 0.15) is 15.9 Å². The van der Waals surface area contributed by atoms with Crippen molar-refractivity contribution in [2.24, 2.45) is 5.14 Å². The molecule has 0 saturated heterocycles. The van der Waals surface area contributed by atoms with E-state index in [2.05, 4.69) is 10.3 Å². The zero-order chi connectivity index (χ0) is 15.6. The molecule has 1 aromatic carbocycles. The number of anilines is 1. The molecule has 2 aromatic rings. The third kappa shape index (κ3) is 3.78. The van der Waals surface area contributed by atoms with Gasteiger partial charge in [-0.3, -0.25) is 4.79 Å². The first-order valence-electron chi connectivity index (χ1n) is 5.84. The van der Waals surface area contributed by atoms with Gasteiger partial charge in [0.15, 0.2) is 0 Å². The summed E-state index contributed by atoms with van der Waals surface area (Å²) in [6.07, 6.45) is 1.33. The fourth-order valence-corrected chi connectivity index (χ4v) is 2.62. The number of benzene rings is 1. The van der Waals surface area contributed by atoms with Crippen LogP contribution in [-0.4, -0.2) is 19.3 Å². The summed E-state index contributed by atoms with van der Waals surface area (Å²) in [6, 6.07) is 7.47. The quantitative estimate of drug-likeness (QED) is 0.842. The SMILES string of the molecule is Cc1ccc(NC(=O)c2ccc(Cl)nc2)cc1S(N)(=O)=O. The van der Waals surface area contributed by atoms with Crippen molar-refractivity contribution in [3.05, 3.63) is 52.8 Å². The standard InChI is InChI=1S/C13H12ClN3O3S/c1-8-2-4-10(6-11(8)21(15,19)20)17-13(18)9-3-5-12(14)16-7-9/h2-7H,1H3,(H,17,18)(H2,15,19,20). The maximum atomic E-state index is 12.0. The van der Waals surface area contributed by atoms with Gasteiger partial charge in [-0.2, -0.15) is 0 Å². The second-order valence-electron chi connectivity index (χ2n) is 4.35. The lowest BCUT2D eigenvalue weighted by Crippen LogP contribution is -2.16. The highest BCUT2D eigenvalue weighted by atomic mass is 35.5. The van der Waals surface area contributed by atoms with Gasteiger partial charge in [0.1, 0.15) is 5.15 Å². The normalized spacial score (nSPS) is 11.2. The van der Waals surface area contributed by atoms with Crippen molar-refractivity contribution in [3.8, 4) is 0 Å². The summed E-state index contributed by atoms with van der Waals surface area (Å²) in [5.41, 5.74) is 1.13. The van der Waals surface area contributed by atoms with Crippen molar-refractivity contribution >= 4 is 33.2 Å². The van der Waals surface area contributed by atoms with E-state index in [0.717, 1.165) is 0 Å². The second-order valence-corrected chi connectivity index (χ2v) is 6.27. The van der Waals surface area contributed by atoms with Gasteiger partial charge in [0.2, 0.25) is 10.0 Å². The minimum absolute atomic E-state index is 0.0328. The Morgan fingerprint density at radius 1 is 1.29 bits per heavy atom. The highest BCUT2D eigenvalue weighted by Gasteiger charge is 2.13. The lowest BCUT2D eigenvalue weighted by atomic mass is 10.2. The van der Waals surface area contributed by atoms with Gasteiger partial charge in [-0.15, -0.1) is 0 Å². The Balaban J connectivity index is 2.28. The largest absolute Gasteiger partial charge is 0.322 e. The Labute approximate surface area is 127 Å². The van der Waals surface area contributed by atoms with E-state index in [1.54, 1.807) is 19.1 Å². The molecule has 6 nitrogen and oxygen atoms in total. The van der Waals surface area contributed by atoms with E-state index in [0.29, 0.717) is 16.8 Å². The number of nitrogens with one attached hydrogen (secondary N) is 1. The van der Waals surface area contributed by atoms with E-state index < -0.39 is 15.9 Å². The first-order chi connectivity index (χ1) is 9.77. The lowest BCUT2D eigenvalue weighted by Gasteiger charge is -2.09. The summed E-state index contributed by atoms with van der Waals surface area (Å²) in [5.74, 6) is -0.427. The van der Waals surface area contributed by atoms with Gasteiger partial charge in [-0.05, 0) is 36.8 Å². The topological polar surface area (TPSA) is 102 Å². The molecule has 0 radical (unpaired) electrons. The zero-order valence-electron chi connectivity index (χ0n) is 11.0. The van der Waals surface area contributed by atoms with Crippen LogP contribution >= 0.6 is 11.6 Å². The summed E-state index contributed by atoms with van der Waals surface area (Å²) in [7, 11) is -3.84. The molecule has 0 unspecified atom stereocenters. The molecular weight excluding hydrogens is 314 g/mol. The highest BCUT2D eigenvalue weighted by molar-refractivity contribution is 7.89. The van der Waals surface area contributed by atoms with Crippen LogP contribution in [0.5, 0.6) is 0 Å². The van der Waals surface area contributed by atoms with E-state index >= 15 is 0 Å². The fraction of sp³-hybridized carbons (Fsp3) is 0.0769. The van der Waals surface area contributed by atoms with E-state index in [1.807, 2.05) is 0 Å². The molecule has 0 bridgehead atoms. The number of halogens is 1. The molecule has 1 amide bonds. The molecule has 3 N–H and O–H groups in total. The lowest BCUT2D eigenvalue weighted by molar-refractivity contribution is 0.102. The van der Waals surface area contributed by atoms with Crippen LogP contribution in [0.3, 0.4) is 0 Å². The summed E-state index contributed by atoms with van der Waals surface area (Å²) in [6.45, 7) is 1.62. The first-order valence-corrected chi connectivity index (χ1v) is 7.76. The van der Waals surface area contributed by atoms with Gasteiger partial charge in [-0.1, -0.05) is 17.7 Å². The van der Waals surface area contributed by atoms with E-state index in [9.17, 15) is 13.2 Å². The number of amides is 1. The molecule has 0 fully saturated rings. The third-order valence-corrected chi connectivity index (χ3v) is 4.02. The number of nitrogens with zero attached hydrogens (tertiary/aromatic N) is 1. The first kappa shape index (κ1) is 15.4. The predicted octanol–water partition coefficient (Wildman–Crippen LogP) is 1.94. The number of primary sulfonamides is 1. The van der Waals surface area contributed by atoms with Gasteiger partial charge in [0.05, 0.1) is 10.5 Å². The number of nitrogens with two attached hydrogens (primary N) is 1. The highest BCUT2D eigenvalue weighted by Crippen LogP contribution is 2.19. The number of sulfonamides is 1. The van der Waals surface area contributed by atoms with Crippen LogP contribution in [0.25, 0.3) is 0 Å². The van der Waals surface area contributed by atoms with Crippen molar-refractivity contribution in [1.82, 2.24) is 4.98 Å². The fourth-order valence-electron chi connectivity index (χ4n) is 1.70. The molecule has 110 valence electrons. The molecule has 0 spiro atoms. The average Bonchev–Trinajstić information content (AvgIpc) is 2.40. The van der Waals surface area contributed by atoms with Gasteiger partial charge >= 0.3 is 0 Å². The van der Waals surface area contributed by atoms with Crippen LogP contribution in [0.4, 0.5) is 5.69 Å². The number of rotatable bonds is 3. The average molecular weight is 326 g/mol. The molecule has 1 heterocycles. The molecule has 0 atom stereocenters.